The minimum Gasteiger partial charge on any atom is -0.342 e. The van der Waals surface area contributed by atoms with Gasteiger partial charge in [-0.25, -0.2) is 9.37 Å². The van der Waals surface area contributed by atoms with E-state index in [1.165, 1.54) is 12.8 Å². The Morgan fingerprint density at radius 3 is 3.11 bits per heavy atom. The molecule has 1 aromatic heterocycles. The summed E-state index contributed by atoms with van der Waals surface area (Å²) < 4.78 is 13.8. The van der Waals surface area contributed by atoms with E-state index >= 15 is 0 Å². The molecule has 0 radical (unpaired) electrons. The topological polar surface area (TPSA) is 40.7 Å². The summed E-state index contributed by atoms with van der Waals surface area (Å²) in [7, 11) is 0. The maximum atomic E-state index is 13.8. The van der Waals surface area contributed by atoms with Gasteiger partial charge in [0, 0.05) is 6.42 Å². The van der Waals surface area contributed by atoms with Gasteiger partial charge < -0.3 is 10.3 Å². The third-order valence-corrected chi connectivity index (χ3v) is 3.77. The zero-order valence-corrected chi connectivity index (χ0v) is 10.7. The number of nitrogens with zero attached hydrogens (tertiary/aromatic N) is 1. The fourth-order valence-electron chi connectivity index (χ4n) is 2.54. The predicted octanol–water partition coefficient (Wildman–Crippen LogP) is 2.90. The maximum absolute atomic E-state index is 13.8. The molecule has 3 nitrogen and oxygen atoms in total. The average molecular weight is 268 g/mol. The lowest BCUT2D eigenvalue weighted by atomic mass is 9.96. The van der Waals surface area contributed by atoms with E-state index in [0.717, 1.165) is 30.9 Å². The Hall–Kier alpha value is -1.13. The van der Waals surface area contributed by atoms with Crippen LogP contribution in [0, 0.1) is 11.7 Å². The van der Waals surface area contributed by atoms with Gasteiger partial charge in [-0.15, -0.1) is 0 Å². The largest absolute Gasteiger partial charge is 0.342 e. The van der Waals surface area contributed by atoms with Crippen molar-refractivity contribution in [2.75, 3.05) is 13.1 Å². The Morgan fingerprint density at radius 1 is 1.44 bits per heavy atom. The Balaban J connectivity index is 1.86. The zero-order valence-electron chi connectivity index (χ0n) is 9.97. The third-order valence-electron chi connectivity index (χ3n) is 3.48. The molecule has 0 spiro atoms. The van der Waals surface area contributed by atoms with Crippen LogP contribution in [0.15, 0.2) is 12.1 Å². The molecule has 2 N–H and O–H groups in total. The summed E-state index contributed by atoms with van der Waals surface area (Å²) in [6, 6.07) is 3.33. The first-order valence-electron chi connectivity index (χ1n) is 6.27. The molecule has 0 saturated carbocycles. The second kappa shape index (κ2) is 4.86. The van der Waals surface area contributed by atoms with Crippen LogP contribution in [-0.4, -0.2) is 23.1 Å². The molecule has 1 aliphatic rings. The summed E-state index contributed by atoms with van der Waals surface area (Å²) in [6.07, 6.45) is 3.26. The molecule has 0 aliphatic carbocycles. The molecule has 1 atom stereocenters. The number of nitrogens with one attached hydrogen (secondary N) is 2. The predicted molar refractivity (Wildman–Crippen MR) is 70.4 cm³/mol. The highest BCUT2D eigenvalue weighted by Crippen LogP contribution is 2.24. The lowest BCUT2D eigenvalue weighted by Crippen LogP contribution is -2.31. The summed E-state index contributed by atoms with van der Waals surface area (Å²) in [4.78, 5) is 7.50. The molecule has 5 heteroatoms. The first-order valence-corrected chi connectivity index (χ1v) is 6.65. The van der Waals surface area contributed by atoms with Crippen LogP contribution in [0.4, 0.5) is 4.39 Å². The van der Waals surface area contributed by atoms with Crippen LogP contribution in [0.2, 0.25) is 5.02 Å². The number of benzene rings is 1. The summed E-state index contributed by atoms with van der Waals surface area (Å²) in [5.41, 5.74) is 1.07. The highest BCUT2D eigenvalue weighted by Gasteiger charge is 2.17. The maximum Gasteiger partial charge on any atom is 0.169 e. The van der Waals surface area contributed by atoms with Gasteiger partial charge in [-0.05, 0) is 44.0 Å². The van der Waals surface area contributed by atoms with Gasteiger partial charge in [0.05, 0.1) is 10.5 Å². The summed E-state index contributed by atoms with van der Waals surface area (Å²) in [6.45, 7) is 2.11. The number of fused-ring (bicyclic) bond motifs is 1. The standard InChI is InChI=1S/C13H15ClFN3/c14-9-3-4-10-13(12(9)15)18-11(17-10)6-8-2-1-5-16-7-8/h3-4,8,16H,1-2,5-7H2,(H,17,18). The first kappa shape index (κ1) is 11.9. The Bertz CT molecular complexity index is 561. The van der Waals surface area contributed by atoms with E-state index in [1.54, 1.807) is 12.1 Å². The molecule has 1 aliphatic heterocycles. The Morgan fingerprint density at radius 2 is 2.33 bits per heavy atom. The number of H-pyrrole nitrogens is 1. The average Bonchev–Trinajstić information content (AvgIpc) is 2.79. The number of aromatic nitrogens is 2. The highest BCUT2D eigenvalue weighted by molar-refractivity contribution is 6.31. The van der Waals surface area contributed by atoms with Crippen molar-refractivity contribution in [3.05, 3.63) is 28.8 Å². The summed E-state index contributed by atoms with van der Waals surface area (Å²) >= 11 is 5.75. The fourth-order valence-corrected chi connectivity index (χ4v) is 2.69. The molecule has 2 heterocycles. The van der Waals surface area contributed by atoms with Crippen LogP contribution in [0.1, 0.15) is 18.7 Å². The number of imidazole rings is 1. The van der Waals surface area contributed by atoms with E-state index < -0.39 is 5.82 Å². The van der Waals surface area contributed by atoms with Crippen LogP contribution in [0.5, 0.6) is 0 Å². The van der Waals surface area contributed by atoms with Crippen molar-refractivity contribution in [2.45, 2.75) is 19.3 Å². The highest BCUT2D eigenvalue weighted by atomic mass is 35.5. The second-order valence-corrected chi connectivity index (χ2v) is 5.26. The van der Waals surface area contributed by atoms with Gasteiger partial charge in [0.2, 0.25) is 0 Å². The molecule has 96 valence electrons. The van der Waals surface area contributed by atoms with Crippen molar-refractivity contribution in [3.63, 3.8) is 0 Å². The van der Waals surface area contributed by atoms with Crippen molar-refractivity contribution in [3.8, 4) is 0 Å². The molecule has 0 bridgehead atoms. The van der Waals surface area contributed by atoms with E-state index in [9.17, 15) is 4.39 Å². The number of aromatic amines is 1. The van der Waals surface area contributed by atoms with Gasteiger partial charge in [0.15, 0.2) is 5.82 Å². The summed E-state index contributed by atoms with van der Waals surface area (Å²) in [5, 5.41) is 3.50. The number of hydrogen-bond donors (Lipinski definition) is 2. The van der Waals surface area contributed by atoms with Crippen LogP contribution >= 0.6 is 11.6 Å². The van der Waals surface area contributed by atoms with Gasteiger partial charge >= 0.3 is 0 Å². The van der Waals surface area contributed by atoms with Crippen LogP contribution in [-0.2, 0) is 6.42 Å². The lowest BCUT2D eigenvalue weighted by Gasteiger charge is -2.21. The van der Waals surface area contributed by atoms with E-state index in [2.05, 4.69) is 15.3 Å². The molecule has 1 unspecified atom stereocenters. The van der Waals surface area contributed by atoms with E-state index in [0.29, 0.717) is 11.4 Å². The van der Waals surface area contributed by atoms with E-state index in [-0.39, 0.29) is 5.02 Å². The van der Waals surface area contributed by atoms with Crippen molar-refractivity contribution < 1.29 is 4.39 Å². The Labute approximate surface area is 110 Å². The smallest absolute Gasteiger partial charge is 0.169 e. The van der Waals surface area contributed by atoms with E-state index in [4.69, 9.17) is 11.6 Å². The second-order valence-electron chi connectivity index (χ2n) is 4.86. The Kier molecular flexibility index (Phi) is 3.22. The van der Waals surface area contributed by atoms with Crippen molar-refractivity contribution in [2.24, 2.45) is 5.92 Å². The van der Waals surface area contributed by atoms with Crippen LogP contribution in [0.25, 0.3) is 11.0 Å². The van der Waals surface area contributed by atoms with E-state index in [1.807, 2.05) is 0 Å². The normalized spacial score (nSPS) is 20.4. The number of halogens is 2. The quantitative estimate of drug-likeness (QED) is 0.878. The number of piperidine rings is 1. The van der Waals surface area contributed by atoms with Gasteiger partial charge in [0.1, 0.15) is 11.3 Å². The molecule has 0 amide bonds. The molecule has 18 heavy (non-hydrogen) atoms. The van der Waals surface area contributed by atoms with Gasteiger partial charge in [-0.1, -0.05) is 11.6 Å². The van der Waals surface area contributed by atoms with Gasteiger partial charge in [0.25, 0.3) is 0 Å². The minimum atomic E-state index is -0.432. The monoisotopic (exact) mass is 267 g/mol. The number of hydrogen-bond acceptors (Lipinski definition) is 2. The molecule has 1 saturated heterocycles. The van der Waals surface area contributed by atoms with Crippen LogP contribution < -0.4 is 5.32 Å². The third kappa shape index (κ3) is 2.22. The van der Waals surface area contributed by atoms with Crippen LogP contribution in [0.3, 0.4) is 0 Å². The zero-order chi connectivity index (χ0) is 12.5. The molecule has 2 aromatic rings. The molecular formula is C13H15ClFN3. The fraction of sp³-hybridized carbons (Fsp3) is 0.462. The number of rotatable bonds is 2. The van der Waals surface area contributed by atoms with Crippen molar-refractivity contribution in [1.29, 1.82) is 0 Å². The molecule has 1 fully saturated rings. The summed E-state index contributed by atoms with van der Waals surface area (Å²) in [5.74, 6) is 0.996. The SMILES string of the molecule is Fc1c(Cl)ccc2[nH]c(CC3CCCNC3)nc12. The van der Waals surface area contributed by atoms with Crippen molar-refractivity contribution >= 4 is 22.6 Å². The van der Waals surface area contributed by atoms with Gasteiger partial charge in [-0.2, -0.15) is 0 Å². The molecular weight excluding hydrogens is 253 g/mol. The van der Waals surface area contributed by atoms with Crippen molar-refractivity contribution in [1.82, 2.24) is 15.3 Å². The van der Waals surface area contributed by atoms with Gasteiger partial charge in [-0.3, -0.25) is 0 Å². The molecule has 3 rings (SSSR count). The lowest BCUT2D eigenvalue weighted by molar-refractivity contribution is 0.371. The minimum absolute atomic E-state index is 0.125. The molecule has 1 aromatic carbocycles. The first-order chi connectivity index (χ1) is 8.74.